The summed E-state index contributed by atoms with van der Waals surface area (Å²) in [6.07, 6.45) is 0.384. The highest BCUT2D eigenvalue weighted by atomic mass is 79.9. The molecule has 0 unspecified atom stereocenters. The van der Waals surface area contributed by atoms with Gasteiger partial charge in [-0.25, -0.2) is 0 Å². The van der Waals surface area contributed by atoms with Gasteiger partial charge in [-0.05, 0) is 40.5 Å². The van der Waals surface area contributed by atoms with Gasteiger partial charge in [-0.2, -0.15) is 0 Å². The smallest absolute Gasteiger partial charge is 0.237 e. The Morgan fingerprint density at radius 1 is 1.50 bits per heavy atom. The van der Waals surface area contributed by atoms with Gasteiger partial charge in [-0.15, -0.1) is 0 Å². The number of carbonyl (C=O) groups is 1. The van der Waals surface area contributed by atoms with E-state index in [0.29, 0.717) is 28.1 Å². The second-order valence-corrected chi connectivity index (χ2v) is 5.76. The third kappa shape index (κ3) is 3.32. The molecule has 0 saturated carbocycles. The van der Waals surface area contributed by atoms with Crippen LogP contribution in [0, 0.1) is 10.1 Å². The summed E-state index contributed by atoms with van der Waals surface area (Å²) in [5.41, 5.74) is 0.617. The lowest BCUT2D eigenvalue weighted by atomic mass is 9.92. The van der Waals surface area contributed by atoms with Gasteiger partial charge < -0.3 is 14.8 Å². The maximum Gasteiger partial charge on any atom is 0.237 e. The molecule has 1 N–H and O–H groups in total. The molecule has 8 heteroatoms. The summed E-state index contributed by atoms with van der Waals surface area (Å²) in [5, 5.41) is 14.0. The minimum absolute atomic E-state index is 0.164. The van der Waals surface area contributed by atoms with E-state index in [0.717, 1.165) is 0 Å². The molecule has 1 aliphatic heterocycles. The number of nitro groups is 1. The van der Waals surface area contributed by atoms with Gasteiger partial charge in [-0.3, -0.25) is 14.9 Å². The van der Waals surface area contributed by atoms with Gasteiger partial charge in [0.1, 0.15) is 6.04 Å². The highest BCUT2D eigenvalue weighted by Crippen LogP contribution is 2.39. The molecule has 1 heterocycles. The first-order valence-electron chi connectivity index (χ1n) is 6.91. The molecule has 1 fully saturated rings. The number of carbonyl (C=O) groups excluding carboxylic acids is 1. The van der Waals surface area contributed by atoms with Crippen molar-refractivity contribution >= 4 is 21.8 Å². The van der Waals surface area contributed by atoms with Gasteiger partial charge in [0.05, 0.1) is 18.2 Å². The molecule has 1 saturated heterocycles. The fourth-order valence-corrected chi connectivity index (χ4v) is 3.17. The monoisotopic (exact) mass is 372 g/mol. The van der Waals surface area contributed by atoms with Crippen molar-refractivity contribution in [2.75, 3.05) is 13.7 Å². The standard InChI is InChI=1S/C14H17BrN2O5/c1-3-22-11-7-8(6-9(15)14(11)21-2)13-10(17(19)20)4-5-12(18)16-13/h6-7,10,13H,3-5H2,1-2H3,(H,16,18)/t10-,13-/m0/s1. The van der Waals surface area contributed by atoms with Crippen molar-refractivity contribution in [3.05, 3.63) is 32.3 Å². The van der Waals surface area contributed by atoms with E-state index >= 15 is 0 Å². The van der Waals surface area contributed by atoms with Crippen molar-refractivity contribution in [3.63, 3.8) is 0 Å². The van der Waals surface area contributed by atoms with Crippen LogP contribution in [0.3, 0.4) is 0 Å². The first kappa shape index (κ1) is 16.5. The van der Waals surface area contributed by atoms with E-state index in [1.807, 2.05) is 6.92 Å². The molecule has 1 amide bonds. The Morgan fingerprint density at radius 3 is 2.82 bits per heavy atom. The number of ether oxygens (including phenoxy) is 2. The molecule has 0 spiro atoms. The second kappa shape index (κ2) is 6.95. The topological polar surface area (TPSA) is 90.7 Å². The Balaban J connectivity index is 2.44. The average molecular weight is 373 g/mol. The lowest BCUT2D eigenvalue weighted by Gasteiger charge is -2.27. The molecule has 1 aliphatic rings. The molecule has 22 heavy (non-hydrogen) atoms. The maximum absolute atomic E-state index is 11.6. The SMILES string of the molecule is CCOc1cc([C@@H]2NC(=O)CC[C@@H]2[N+](=O)[O-])cc(Br)c1OC. The highest BCUT2D eigenvalue weighted by molar-refractivity contribution is 9.10. The number of hydrogen-bond acceptors (Lipinski definition) is 5. The normalized spacial score (nSPS) is 21.1. The summed E-state index contributed by atoms with van der Waals surface area (Å²) in [6.45, 7) is 2.27. The highest BCUT2D eigenvalue weighted by Gasteiger charge is 2.38. The molecule has 0 radical (unpaired) electrons. The van der Waals surface area contributed by atoms with E-state index in [2.05, 4.69) is 21.2 Å². The van der Waals surface area contributed by atoms with E-state index < -0.39 is 12.1 Å². The summed E-state index contributed by atoms with van der Waals surface area (Å²) in [5.74, 6) is 0.815. The fraction of sp³-hybridized carbons (Fsp3) is 0.500. The molecule has 1 aromatic rings. The van der Waals surface area contributed by atoms with Crippen LogP contribution >= 0.6 is 15.9 Å². The van der Waals surface area contributed by atoms with Gasteiger partial charge in [0, 0.05) is 17.8 Å². The summed E-state index contributed by atoms with van der Waals surface area (Å²) in [4.78, 5) is 22.5. The predicted octanol–water partition coefficient (Wildman–Crippen LogP) is 2.45. The van der Waals surface area contributed by atoms with Crippen LogP contribution in [0.4, 0.5) is 0 Å². The molecular formula is C14H17BrN2O5. The second-order valence-electron chi connectivity index (χ2n) is 4.90. The molecule has 2 rings (SSSR count). The summed E-state index contributed by atoms with van der Waals surface area (Å²) in [7, 11) is 1.52. The number of piperidine rings is 1. The van der Waals surface area contributed by atoms with E-state index in [1.54, 1.807) is 12.1 Å². The Hall–Kier alpha value is -1.83. The zero-order valence-corrected chi connectivity index (χ0v) is 13.9. The van der Waals surface area contributed by atoms with Crippen LogP contribution < -0.4 is 14.8 Å². The third-order valence-corrected chi connectivity index (χ3v) is 4.12. The van der Waals surface area contributed by atoms with Crippen molar-refractivity contribution in [3.8, 4) is 11.5 Å². The number of benzene rings is 1. The van der Waals surface area contributed by atoms with Crippen LogP contribution in [0.1, 0.15) is 31.4 Å². The lowest BCUT2D eigenvalue weighted by Crippen LogP contribution is -2.45. The number of amides is 1. The Labute approximate surface area is 136 Å². The van der Waals surface area contributed by atoms with E-state index in [-0.39, 0.29) is 23.7 Å². The summed E-state index contributed by atoms with van der Waals surface area (Å²) >= 11 is 3.38. The molecule has 0 bridgehead atoms. The number of hydrogen-bond donors (Lipinski definition) is 1. The van der Waals surface area contributed by atoms with Gasteiger partial charge in [0.25, 0.3) is 0 Å². The molecule has 7 nitrogen and oxygen atoms in total. The van der Waals surface area contributed by atoms with Crippen molar-refractivity contribution in [1.82, 2.24) is 5.32 Å². The molecular weight excluding hydrogens is 356 g/mol. The maximum atomic E-state index is 11.6. The number of nitrogens with one attached hydrogen (secondary N) is 1. The van der Waals surface area contributed by atoms with Crippen LogP contribution in [-0.4, -0.2) is 30.6 Å². The first-order chi connectivity index (χ1) is 10.5. The quantitative estimate of drug-likeness (QED) is 0.633. The molecule has 0 aliphatic carbocycles. The van der Waals surface area contributed by atoms with E-state index in [4.69, 9.17) is 9.47 Å². The Bertz CT molecular complexity index is 593. The van der Waals surface area contributed by atoms with Crippen molar-refractivity contribution in [1.29, 1.82) is 0 Å². The number of methoxy groups -OCH3 is 1. The molecule has 1 aromatic carbocycles. The lowest BCUT2D eigenvalue weighted by molar-refractivity contribution is -0.529. The Kier molecular flexibility index (Phi) is 5.23. The number of rotatable bonds is 5. The summed E-state index contributed by atoms with van der Waals surface area (Å²) < 4.78 is 11.4. The number of halogens is 1. The van der Waals surface area contributed by atoms with E-state index in [1.165, 1.54) is 7.11 Å². The first-order valence-corrected chi connectivity index (χ1v) is 7.70. The van der Waals surface area contributed by atoms with Crippen molar-refractivity contribution in [2.45, 2.75) is 31.8 Å². The van der Waals surface area contributed by atoms with Gasteiger partial charge in [-0.1, -0.05) is 0 Å². The van der Waals surface area contributed by atoms with Gasteiger partial charge >= 0.3 is 0 Å². The largest absolute Gasteiger partial charge is 0.492 e. The van der Waals surface area contributed by atoms with Gasteiger partial charge in [0.15, 0.2) is 11.5 Å². The molecule has 120 valence electrons. The number of nitrogens with zero attached hydrogens (tertiary/aromatic N) is 1. The third-order valence-electron chi connectivity index (χ3n) is 3.53. The van der Waals surface area contributed by atoms with Crippen LogP contribution in [0.25, 0.3) is 0 Å². The molecule has 0 aromatic heterocycles. The Morgan fingerprint density at radius 2 is 2.23 bits per heavy atom. The summed E-state index contributed by atoms with van der Waals surface area (Å²) in [6, 6.07) is 1.86. The minimum atomic E-state index is -0.854. The zero-order chi connectivity index (χ0) is 16.3. The zero-order valence-electron chi connectivity index (χ0n) is 12.3. The predicted molar refractivity (Wildman–Crippen MR) is 82.8 cm³/mol. The minimum Gasteiger partial charge on any atom is -0.492 e. The van der Waals surface area contributed by atoms with Crippen LogP contribution in [0.15, 0.2) is 16.6 Å². The van der Waals surface area contributed by atoms with E-state index in [9.17, 15) is 14.9 Å². The van der Waals surface area contributed by atoms with Crippen molar-refractivity contribution < 1.29 is 19.2 Å². The fourth-order valence-electron chi connectivity index (χ4n) is 2.55. The van der Waals surface area contributed by atoms with Gasteiger partial charge in [0.2, 0.25) is 11.9 Å². The van der Waals surface area contributed by atoms with Crippen LogP contribution in [0.5, 0.6) is 11.5 Å². The average Bonchev–Trinajstić information content (AvgIpc) is 2.46. The van der Waals surface area contributed by atoms with Crippen LogP contribution in [0.2, 0.25) is 0 Å². The van der Waals surface area contributed by atoms with Crippen LogP contribution in [-0.2, 0) is 4.79 Å². The molecule has 2 atom stereocenters. The van der Waals surface area contributed by atoms with Crippen molar-refractivity contribution in [2.24, 2.45) is 0 Å².